The van der Waals surface area contributed by atoms with Gasteiger partial charge in [0, 0.05) is 37.7 Å². The predicted molar refractivity (Wildman–Crippen MR) is 140 cm³/mol. The van der Waals surface area contributed by atoms with Gasteiger partial charge in [0.25, 0.3) is 0 Å². The van der Waals surface area contributed by atoms with Crippen molar-refractivity contribution in [2.24, 2.45) is 29.4 Å². The number of anilines is 1. The zero-order valence-corrected chi connectivity index (χ0v) is 22.1. The van der Waals surface area contributed by atoms with E-state index in [4.69, 9.17) is 10.5 Å². The fourth-order valence-corrected chi connectivity index (χ4v) is 6.54. The maximum Gasteiger partial charge on any atom is 0.337 e. The van der Waals surface area contributed by atoms with E-state index < -0.39 is 70.7 Å². The second-order valence-corrected chi connectivity index (χ2v) is 10.8. The number of carbonyl (C=O) groups excluding carboxylic acids is 6. The summed E-state index contributed by atoms with van der Waals surface area (Å²) in [6.07, 6.45) is -0.197. The van der Waals surface area contributed by atoms with Gasteiger partial charge in [-0.25, -0.2) is 4.79 Å². The van der Waals surface area contributed by atoms with E-state index in [0.29, 0.717) is 16.8 Å². The Balaban J connectivity index is 1.62. The number of primary amides is 1. The summed E-state index contributed by atoms with van der Waals surface area (Å²) in [5.74, 6) is -11.2. The number of Topliss-reactive ketones (excluding diaryl/α,β-unsaturated/α-hetero) is 4. The third kappa shape index (κ3) is 3.75. The smallest absolute Gasteiger partial charge is 0.337 e. The minimum atomic E-state index is -2.71. The second kappa shape index (κ2) is 9.37. The van der Waals surface area contributed by atoms with E-state index in [0.717, 1.165) is 0 Å². The molecule has 3 aliphatic carbocycles. The van der Waals surface area contributed by atoms with Crippen LogP contribution in [0.3, 0.4) is 0 Å². The molecule has 4 N–H and O–H groups in total. The number of phenols is 1. The first-order valence-corrected chi connectivity index (χ1v) is 12.7. The van der Waals surface area contributed by atoms with Crippen LogP contribution in [0, 0.1) is 23.7 Å². The standard InChI is InChI=1S/C29H28N2O9/c1-31(2)18-11-16(12-4-6-13(7-5-12)28(38)40-3)23(33)21-17(18)9-14-8-15-10-19(32)22(27(30)37)26(36)29(15,39)25(35)20(14)24(21)34/h4-7,11,14-15,20,22,33,39H,8-10H2,1-3H3,(H2,30,37)/t14-,15+,20?,22?,29+/m1/s1. The van der Waals surface area contributed by atoms with Crippen molar-refractivity contribution in [1.82, 2.24) is 0 Å². The molecule has 1 amide bonds. The molecule has 11 nitrogen and oxygen atoms in total. The molecule has 11 heteroatoms. The van der Waals surface area contributed by atoms with Crippen molar-refractivity contribution in [3.8, 4) is 16.9 Å². The molecule has 0 aliphatic heterocycles. The zero-order valence-electron chi connectivity index (χ0n) is 22.1. The monoisotopic (exact) mass is 548 g/mol. The molecule has 40 heavy (non-hydrogen) atoms. The molecule has 0 bridgehead atoms. The number of nitrogens with zero attached hydrogens (tertiary/aromatic N) is 1. The summed E-state index contributed by atoms with van der Waals surface area (Å²) in [6, 6.07) is 7.91. The molecule has 2 unspecified atom stereocenters. The molecule has 5 rings (SSSR count). The maximum absolute atomic E-state index is 14.0. The van der Waals surface area contributed by atoms with Crippen molar-refractivity contribution < 1.29 is 43.7 Å². The van der Waals surface area contributed by atoms with Crippen molar-refractivity contribution in [3.05, 3.63) is 47.0 Å². The predicted octanol–water partition coefficient (Wildman–Crippen LogP) is 0.846. The van der Waals surface area contributed by atoms with Crippen LogP contribution >= 0.6 is 0 Å². The number of ether oxygens (including phenoxy) is 1. The lowest BCUT2D eigenvalue weighted by atomic mass is 9.53. The summed E-state index contributed by atoms with van der Waals surface area (Å²) in [5, 5.41) is 22.8. The van der Waals surface area contributed by atoms with Gasteiger partial charge >= 0.3 is 5.97 Å². The molecule has 2 aromatic rings. The number of nitrogens with two attached hydrogens (primary N) is 1. The third-order valence-electron chi connectivity index (χ3n) is 8.48. The number of carbonyl (C=O) groups is 6. The fraction of sp³-hybridized carbons (Fsp3) is 0.379. The van der Waals surface area contributed by atoms with Crippen LogP contribution in [-0.4, -0.2) is 72.0 Å². The molecule has 2 aromatic carbocycles. The van der Waals surface area contributed by atoms with E-state index in [1.54, 1.807) is 37.2 Å². The zero-order chi connectivity index (χ0) is 29.3. The molecule has 5 atom stereocenters. The Bertz CT molecular complexity index is 1510. The van der Waals surface area contributed by atoms with Gasteiger partial charge < -0.3 is 25.6 Å². The van der Waals surface area contributed by atoms with Crippen molar-refractivity contribution in [2.75, 3.05) is 26.1 Å². The van der Waals surface area contributed by atoms with Gasteiger partial charge in [-0.1, -0.05) is 12.1 Å². The Morgan fingerprint density at radius 1 is 1.05 bits per heavy atom. The van der Waals surface area contributed by atoms with Crippen molar-refractivity contribution in [2.45, 2.75) is 24.9 Å². The largest absolute Gasteiger partial charge is 0.507 e. The minimum absolute atomic E-state index is 0.0193. The molecule has 208 valence electrons. The second-order valence-electron chi connectivity index (χ2n) is 10.8. The highest BCUT2D eigenvalue weighted by Gasteiger charge is 2.66. The first kappa shape index (κ1) is 27.2. The van der Waals surface area contributed by atoms with Gasteiger partial charge in [-0.05, 0) is 48.1 Å². The first-order chi connectivity index (χ1) is 18.8. The van der Waals surface area contributed by atoms with Gasteiger partial charge in [0.15, 0.2) is 34.7 Å². The molecule has 0 heterocycles. The number of esters is 1. The van der Waals surface area contributed by atoms with Crippen LogP contribution in [-0.2, 0) is 30.3 Å². The number of methoxy groups -OCH3 is 1. The highest BCUT2D eigenvalue weighted by molar-refractivity contribution is 6.31. The third-order valence-corrected chi connectivity index (χ3v) is 8.48. The van der Waals surface area contributed by atoms with E-state index in [-0.39, 0.29) is 35.3 Å². The molecular formula is C29H28N2O9. The van der Waals surface area contributed by atoms with Gasteiger partial charge in [0.05, 0.1) is 24.2 Å². The summed E-state index contributed by atoms with van der Waals surface area (Å²) < 4.78 is 4.72. The Hall–Kier alpha value is -4.38. The van der Waals surface area contributed by atoms with Crippen LogP contribution in [0.15, 0.2) is 30.3 Å². The molecule has 0 radical (unpaired) electrons. The SMILES string of the molecule is COC(=O)c1ccc(-c2cc(N(C)C)c3c(c2O)C(=O)C2C(=O)[C@]4(O)C(=O)C(C(N)=O)C(=O)C[C@@H]4C[C@@H]2C3)cc1. The summed E-state index contributed by atoms with van der Waals surface area (Å²) in [4.78, 5) is 78.8. The van der Waals surface area contributed by atoms with E-state index in [9.17, 15) is 39.0 Å². The Morgan fingerprint density at radius 3 is 2.27 bits per heavy atom. The van der Waals surface area contributed by atoms with E-state index in [1.165, 1.54) is 19.2 Å². The van der Waals surface area contributed by atoms with Gasteiger partial charge in [-0.3, -0.25) is 24.0 Å². The summed E-state index contributed by atoms with van der Waals surface area (Å²) in [5.41, 5.74) is 4.61. The highest BCUT2D eigenvalue weighted by atomic mass is 16.5. The molecular weight excluding hydrogens is 520 g/mol. The maximum atomic E-state index is 14.0. The number of aromatic hydroxyl groups is 1. The fourth-order valence-electron chi connectivity index (χ4n) is 6.54. The van der Waals surface area contributed by atoms with Crippen molar-refractivity contribution in [3.63, 3.8) is 0 Å². The Morgan fingerprint density at radius 2 is 1.70 bits per heavy atom. The lowest BCUT2D eigenvalue weighted by molar-refractivity contribution is -0.175. The normalized spacial score (nSPS) is 27.4. The van der Waals surface area contributed by atoms with Crippen LogP contribution in [0.25, 0.3) is 11.1 Å². The minimum Gasteiger partial charge on any atom is -0.507 e. The van der Waals surface area contributed by atoms with Crippen LogP contribution in [0.4, 0.5) is 5.69 Å². The topological polar surface area (TPSA) is 181 Å². The number of hydrogen-bond acceptors (Lipinski definition) is 10. The lowest BCUT2D eigenvalue weighted by Crippen LogP contribution is -2.68. The summed E-state index contributed by atoms with van der Waals surface area (Å²) in [7, 11) is 4.78. The number of phenolic OH excluding ortho intramolecular Hbond substituents is 1. The Labute approximate surface area is 228 Å². The van der Waals surface area contributed by atoms with E-state index in [1.807, 2.05) is 0 Å². The lowest BCUT2D eigenvalue weighted by Gasteiger charge is -2.48. The van der Waals surface area contributed by atoms with E-state index >= 15 is 0 Å². The average molecular weight is 549 g/mol. The number of aliphatic hydroxyl groups is 1. The quantitative estimate of drug-likeness (QED) is 0.366. The molecule has 2 saturated carbocycles. The van der Waals surface area contributed by atoms with Crippen LogP contribution in [0.1, 0.15) is 39.1 Å². The number of amides is 1. The number of ketones is 4. The summed E-state index contributed by atoms with van der Waals surface area (Å²) >= 11 is 0. The molecule has 2 fully saturated rings. The molecule has 0 aromatic heterocycles. The number of benzene rings is 2. The van der Waals surface area contributed by atoms with Crippen LogP contribution < -0.4 is 10.6 Å². The van der Waals surface area contributed by atoms with Gasteiger partial charge in [0.2, 0.25) is 5.91 Å². The number of hydrogen-bond donors (Lipinski definition) is 3. The van der Waals surface area contributed by atoms with Crippen LogP contribution in [0.5, 0.6) is 5.75 Å². The van der Waals surface area contributed by atoms with Crippen LogP contribution in [0.2, 0.25) is 0 Å². The van der Waals surface area contributed by atoms with Gasteiger partial charge in [0.1, 0.15) is 5.75 Å². The van der Waals surface area contributed by atoms with Gasteiger partial charge in [-0.2, -0.15) is 0 Å². The molecule has 3 aliphatic rings. The van der Waals surface area contributed by atoms with Gasteiger partial charge in [-0.15, -0.1) is 0 Å². The van der Waals surface area contributed by atoms with E-state index in [2.05, 4.69) is 0 Å². The number of rotatable bonds is 4. The number of fused-ring (bicyclic) bond motifs is 3. The summed E-state index contributed by atoms with van der Waals surface area (Å²) in [6.45, 7) is 0. The van der Waals surface area contributed by atoms with Crippen molar-refractivity contribution >= 4 is 40.7 Å². The van der Waals surface area contributed by atoms with Crippen molar-refractivity contribution in [1.29, 1.82) is 0 Å². The first-order valence-electron chi connectivity index (χ1n) is 12.7. The Kier molecular flexibility index (Phi) is 6.37. The average Bonchev–Trinajstić information content (AvgIpc) is 2.90. The molecule has 0 spiro atoms. The molecule has 0 saturated heterocycles. The highest BCUT2D eigenvalue weighted by Crippen LogP contribution is 2.52.